The predicted molar refractivity (Wildman–Crippen MR) is 86.0 cm³/mol. The summed E-state index contributed by atoms with van der Waals surface area (Å²) in [6, 6.07) is 8.42. The van der Waals surface area contributed by atoms with Crippen molar-refractivity contribution < 1.29 is 4.39 Å². The van der Waals surface area contributed by atoms with Crippen molar-refractivity contribution in [2.45, 2.75) is 6.92 Å². The molecule has 0 spiro atoms. The molecule has 5 nitrogen and oxygen atoms in total. The highest BCUT2D eigenvalue weighted by Gasteiger charge is 2.17. The molecule has 116 valence electrons. The number of hydrogen-bond acceptors (Lipinski definition) is 5. The highest BCUT2D eigenvalue weighted by Crippen LogP contribution is 2.19. The van der Waals surface area contributed by atoms with Crippen LogP contribution in [0.2, 0.25) is 0 Å². The van der Waals surface area contributed by atoms with Gasteiger partial charge >= 0.3 is 0 Å². The van der Waals surface area contributed by atoms with Gasteiger partial charge in [-0.2, -0.15) is 4.98 Å². The van der Waals surface area contributed by atoms with Crippen LogP contribution in [0, 0.1) is 5.82 Å². The first kappa shape index (κ1) is 14.7. The fourth-order valence-electron chi connectivity index (χ4n) is 2.56. The van der Waals surface area contributed by atoms with Gasteiger partial charge in [0.1, 0.15) is 11.6 Å². The van der Waals surface area contributed by atoms with Gasteiger partial charge in [-0.05, 0) is 24.7 Å². The van der Waals surface area contributed by atoms with Crippen LogP contribution in [-0.2, 0) is 0 Å². The second-order valence-corrected chi connectivity index (χ2v) is 5.26. The molecule has 0 amide bonds. The number of halogens is 1. The van der Waals surface area contributed by atoms with Crippen molar-refractivity contribution in [2.24, 2.45) is 0 Å². The Morgan fingerprint density at radius 3 is 2.64 bits per heavy atom. The lowest BCUT2D eigenvalue weighted by atomic mass is 10.3. The molecule has 3 rings (SSSR count). The van der Waals surface area contributed by atoms with Crippen LogP contribution >= 0.6 is 0 Å². The van der Waals surface area contributed by atoms with Crippen molar-refractivity contribution in [3.63, 3.8) is 0 Å². The first-order valence-corrected chi connectivity index (χ1v) is 7.58. The lowest BCUT2D eigenvalue weighted by Gasteiger charge is -2.34. The quantitative estimate of drug-likeness (QED) is 0.940. The number of nitrogens with one attached hydrogen (secondary N) is 1. The normalized spacial score (nSPS) is 15.8. The van der Waals surface area contributed by atoms with E-state index in [1.54, 1.807) is 24.4 Å². The van der Waals surface area contributed by atoms with Crippen molar-refractivity contribution >= 4 is 17.5 Å². The van der Waals surface area contributed by atoms with Crippen molar-refractivity contribution in [1.82, 2.24) is 14.9 Å². The molecule has 1 fully saturated rings. The van der Waals surface area contributed by atoms with Crippen molar-refractivity contribution in [3.05, 3.63) is 42.3 Å². The molecule has 0 bridgehead atoms. The molecule has 1 saturated heterocycles. The number of nitrogens with zero attached hydrogens (tertiary/aromatic N) is 4. The van der Waals surface area contributed by atoms with Gasteiger partial charge in [0.05, 0.1) is 5.69 Å². The zero-order valence-electron chi connectivity index (χ0n) is 12.7. The minimum atomic E-state index is -0.312. The summed E-state index contributed by atoms with van der Waals surface area (Å²) in [6.07, 6.45) is 1.71. The molecule has 0 aliphatic carbocycles. The molecule has 6 heteroatoms. The van der Waals surface area contributed by atoms with Crippen molar-refractivity contribution in [1.29, 1.82) is 0 Å². The third-order valence-electron chi connectivity index (χ3n) is 3.90. The van der Waals surface area contributed by atoms with Gasteiger partial charge in [-0.3, -0.25) is 0 Å². The fourth-order valence-corrected chi connectivity index (χ4v) is 2.56. The SMILES string of the molecule is CCN1CCN(c2ccnc(Nc3ccccc3F)n2)CC1. The van der Waals surface area contributed by atoms with Gasteiger partial charge < -0.3 is 15.1 Å². The van der Waals surface area contributed by atoms with Gasteiger partial charge in [-0.15, -0.1) is 0 Å². The molecule has 0 radical (unpaired) electrons. The maximum absolute atomic E-state index is 13.7. The molecule has 2 aromatic rings. The summed E-state index contributed by atoms with van der Waals surface area (Å²) in [5, 5.41) is 2.94. The Balaban J connectivity index is 1.72. The number of rotatable bonds is 4. The van der Waals surface area contributed by atoms with Crippen LogP contribution in [0.3, 0.4) is 0 Å². The molecule has 1 N–H and O–H groups in total. The Morgan fingerprint density at radius 2 is 1.91 bits per heavy atom. The van der Waals surface area contributed by atoms with Crippen LogP contribution in [0.15, 0.2) is 36.5 Å². The summed E-state index contributed by atoms with van der Waals surface area (Å²) in [4.78, 5) is 13.3. The molecule has 1 aliphatic heterocycles. The Kier molecular flexibility index (Phi) is 4.48. The van der Waals surface area contributed by atoms with E-state index < -0.39 is 0 Å². The number of hydrogen-bond donors (Lipinski definition) is 1. The van der Waals surface area contributed by atoms with E-state index in [2.05, 4.69) is 32.0 Å². The van der Waals surface area contributed by atoms with Gasteiger partial charge in [0.2, 0.25) is 5.95 Å². The van der Waals surface area contributed by atoms with E-state index in [1.165, 1.54) is 6.07 Å². The van der Waals surface area contributed by atoms with E-state index in [9.17, 15) is 4.39 Å². The lowest BCUT2D eigenvalue weighted by molar-refractivity contribution is 0.270. The smallest absolute Gasteiger partial charge is 0.229 e. The number of anilines is 3. The van der Waals surface area contributed by atoms with Crippen molar-refractivity contribution in [3.8, 4) is 0 Å². The summed E-state index contributed by atoms with van der Waals surface area (Å²) in [5.74, 6) is 0.984. The Bertz CT molecular complexity index is 625. The zero-order valence-corrected chi connectivity index (χ0v) is 12.7. The van der Waals surface area contributed by atoms with E-state index in [0.717, 1.165) is 38.5 Å². The Hall–Kier alpha value is -2.21. The Labute approximate surface area is 129 Å². The maximum Gasteiger partial charge on any atom is 0.229 e. The molecule has 22 heavy (non-hydrogen) atoms. The van der Waals surface area contributed by atoms with E-state index >= 15 is 0 Å². The Morgan fingerprint density at radius 1 is 1.14 bits per heavy atom. The molecular formula is C16H20FN5. The van der Waals surface area contributed by atoms with Crippen LogP contribution in [0.25, 0.3) is 0 Å². The summed E-state index contributed by atoms with van der Waals surface area (Å²) in [6.45, 7) is 7.23. The monoisotopic (exact) mass is 301 g/mol. The van der Waals surface area contributed by atoms with E-state index in [-0.39, 0.29) is 5.82 Å². The number of para-hydroxylation sites is 1. The average Bonchev–Trinajstić information content (AvgIpc) is 2.57. The van der Waals surface area contributed by atoms with Gasteiger partial charge in [0, 0.05) is 32.4 Å². The number of benzene rings is 1. The topological polar surface area (TPSA) is 44.3 Å². The number of piperazine rings is 1. The molecule has 2 heterocycles. The van der Waals surface area contributed by atoms with Gasteiger partial charge in [0.25, 0.3) is 0 Å². The molecule has 0 atom stereocenters. The minimum absolute atomic E-state index is 0.312. The third-order valence-corrected chi connectivity index (χ3v) is 3.90. The average molecular weight is 301 g/mol. The third kappa shape index (κ3) is 3.33. The first-order chi connectivity index (χ1) is 10.8. The van der Waals surface area contributed by atoms with E-state index in [1.807, 2.05) is 6.07 Å². The van der Waals surface area contributed by atoms with Crippen LogP contribution in [0.5, 0.6) is 0 Å². The van der Waals surface area contributed by atoms with Crippen LogP contribution < -0.4 is 10.2 Å². The predicted octanol–water partition coefficient (Wildman–Crippen LogP) is 2.50. The van der Waals surface area contributed by atoms with E-state index in [0.29, 0.717) is 11.6 Å². The summed E-state index contributed by atoms with van der Waals surface area (Å²) in [7, 11) is 0. The van der Waals surface area contributed by atoms with Crippen LogP contribution in [0.4, 0.5) is 21.8 Å². The molecular weight excluding hydrogens is 281 g/mol. The standard InChI is InChI=1S/C16H20FN5/c1-2-21-9-11-22(12-10-21)15-7-8-18-16(20-15)19-14-6-4-3-5-13(14)17/h3-8H,2,9-12H2,1H3,(H,18,19,20). The van der Waals surface area contributed by atoms with Crippen molar-refractivity contribution in [2.75, 3.05) is 42.9 Å². The molecule has 1 aliphatic rings. The second kappa shape index (κ2) is 6.70. The number of aromatic nitrogens is 2. The summed E-state index contributed by atoms with van der Waals surface area (Å²) < 4.78 is 13.7. The highest BCUT2D eigenvalue weighted by molar-refractivity contribution is 5.55. The fraction of sp³-hybridized carbons (Fsp3) is 0.375. The van der Waals surface area contributed by atoms with Gasteiger partial charge in [-0.25, -0.2) is 9.37 Å². The first-order valence-electron chi connectivity index (χ1n) is 7.58. The summed E-state index contributed by atoms with van der Waals surface area (Å²) in [5.41, 5.74) is 0.385. The highest BCUT2D eigenvalue weighted by atomic mass is 19.1. The maximum atomic E-state index is 13.7. The number of likely N-dealkylation sites (N-methyl/N-ethyl adjacent to an activating group) is 1. The summed E-state index contributed by atoms with van der Waals surface area (Å²) >= 11 is 0. The molecule has 0 saturated carbocycles. The zero-order chi connectivity index (χ0) is 15.4. The minimum Gasteiger partial charge on any atom is -0.354 e. The second-order valence-electron chi connectivity index (χ2n) is 5.26. The molecule has 1 aromatic heterocycles. The molecule has 1 aromatic carbocycles. The van der Waals surface area contributed by atoms with Gasteiger partial charge in [0.15, 0.2) is 0 Å². The van der Waals surface area contributed by atoms with Crippen LogP contribution in [-0.4, -0.2) is 47.6 Å². The largest absolute Gasteiger partial charge is 0.354 e. The molecule has 0 unspecified atom stereocenters. The van der Waals surface area contributed by atoms with Crippen LogP contribution in [0.1, 0.15) is 6.92 Å². The van der Waals surface area contributed by atoms with Gasteiger partial charge in [-0.1, -0.05) is 19.1 Å². The van der Waals surface area contributed by atoms with E-state index in [4.69, 9.17) is 0 Å². The lowest BCUT2D eigenvalue weighted by Crippen LogP contribution is -2.46.